The van der Waals surface area contributed by atoms with Crippen LogP contribution in [0.25, 0.3) is 28.0 Å². The van der Waals surface area contributed by atoms with Crippen molar-refractivity contribution in [1.29, 1.82) is 0 Å². The van der Waals surface area contributed by atoms with Crippen molar-refractivity contribution in [1.82, 2.24) is 0 Å². The van der Waals surface area contributed by atoms with Gasteiger partial charge in [0.1, 0.15) is 89.8 Å². The molecular formula is C45H52O20. The molecule has 0 saturated carbocycles. The van der Waals surface area contributed by atoms with Crippen molar-refractivity contribution in [3.05, 3.63) is 98.2 Å². The van der Waals surface area contributed by atoms with Gasteiger partial charge in [-0.3, -0.25) is 0 Å². The topological polar surface area (TPSA) is 318 Å². The van der Waals surface area contributed by atoms with Gasteiger partial charge in [0.2, 0.25) is 12.6 Å². The number of fused-ring (bicyclic) bond motifs is 2. The first-order valence-corrected chi connectivity index (χ1v) is 21.1. The molecule has 0 spiro atoms. The highest BCUT2D eigenvalue weighted by molar-refractivity contribution is 5.83. The van der Waals surface area contributed by atoms with Crippen molar-refractivity contribution in [2.75, 3.05) is 19.8 Å². The van der Waals surface area contributed by atoms with Crippen LogP contribution < -0.4 is 20.7 Å². The Bertz CT molecular complexity index is 2520. The average Bonchev–Trinajstić information content (AvgIpc) is 3.28. The minimum absolute atomic E-state index is 0.0219. The molecule has 16 atom stereocenters. The first kappa shape index (κ1) is 46.9. The van der Waals surface area contributed by atoms with E-state index >= 15 is 0 Å². The zero-order valence-electron chi connectivity index (χ0n) is 35.1. The third-order valence-electron chi connectivity index (χ3n) is 12.6. The first-order chi connectivity index (χ1) is 30.9. The lowest BCUT2D eigenvalue weighted by atomic mass is 9.66. The summed E-state index contributed by atoms with van der Waals surface area (Å²) >= 11 is 0. The fourth-order valence-electron chi connectivity index (χ4n) is 8.58. The number of hydrogen-bond donors (Lipinski definition) is 10. The van der Waals surface area contributed by atoms with Crippen LogP contribution in [-0.4, -0.2) is 157 Å². The fourth-order valence-corrected chi connectivity index (χ4v) is 8.58. The fraction of sp³-hybridized carbons (Fsp3) is 0.511. The second-order valence-electron chi connectivity index (χ2n) is 17.2. The minimum Gasteiger partial charge on any atom is -0.462 e. The van der Waals surface area contributed by atoms with Crippen molar-refractivity contribution in [2.24, 2.45) is 5.41 Å². The van der Waals surface area contributed by atoms with E-state index < -0.39 is 122 Å². The summed E-state index contributed by atoms with van der Waals surface area (Å²) in [6.07, 6.45) is -15.4. The van der Waals surface area contributed by atoms with E-state index in [2.05, 4.69) is 0 Å². The molecule has 0 radical (unpaired) electrons. The lowest BCUT2D eigenvalue weighted by molar-refractivity contribution is -0.307. The van der Waals surface area contributed by atoms with E-state index in [1.165, 1.54) is 24.3 Å². The molecule has 20 nitrogen and oxygen atoms in total. The summed E-state index contributed by atoms with van der Waals surface area (Å²) in [5, 5.41) is 106. The molecule has 65 heavy (non-hydrogen) atoms. The number of aliphatic hydroxyl groups is 10. The van der Waals surface area contributed by atoms with Crippen LogP contribution in [0.15, 0.2) is 84.7 Å². The Morgan fingerprint density at radius 1 is 0.692 bits per heavy atom. The van der Waals surface area contributed by atoms with Crippen LogP contribution in [-0.2, 0) is 18.9 Å². The number of rotatable bonds is 11. The highest BCUT2D eigenvalue weighted by atomic mass is 16.7. The summed E-state index contributed by atoms with van der Waals surface area (Å²) in [5.41, 5.74) is 0.199. The van der Waals surface area contributed by atoms with Crippen molar-refractivity contribution in [3.8, 4) is 11.5 Å². The molecule has 20 heteroatoms. The average molecular weight is 913 g/mol. The van der Waals surface area contributed by atoms with E-state index in [-0.39, 0.29) is 29.3 Å². The highest BCUT2D eigenvalue weighted by Gasteiger charge is 2.48. The van der Waals surface area contributed by atoms with Gasteiger partial charge in [-0.1, -0.05) is 30.7 Å². The van der Waals surface area contributed by atoms with Crippen LogP contribution >= 0.6 is 0 Å². The zero-order valence-corrected chi connectivity index (χ0v) is 35.1. The number of allylic oxidation sites excluding steroid dienone is 3. The smallest absolute Gasteiger partial charge is 0.336 e. The third-order valence-corrected chi connectivity index (χ3v) is 12.6. The maximum atomic E-state index is 12.3. The molecule has 4 aliphatic rings. The van der Waals surface area contributed by atoms with E-state index in [4.69, 9.17) is 37.3 Å². The molecule has 3 fully saturated rings. The van der Waals surface area contributed by atoms with Crippen molar-refractivity contribution in [3.63, 3.8) is 0 Å². The van der Waals surface area contributed by atoms with E-state index in [1.807, 2.05) is 26.0 Å². The Labute approximate surface area is 369 Å². The predicted octanol–water partition coefficient (Wildman–Crippen LogP) is -0.736. The standard InChI is InChI=1S/C45H52O20/c1-19-7-9-45(2,24(11-19)23-13-21-4-6-33(49)61-27(21)15-29(23)63-44-40(56)37(53)35(51)30(16-46)64-44)10-8-22-12-20-3-5-32(48)60-26(20)14-28(22)62-43-41(57)38(54)36(52)31(65-43)18-59-42-39(55)34(50)25(47)17-58-42/h3-6,8,10-15,24-25,30-31,34-44,46-47,50-57H,7,9,16-18H2,1-2H3/b10-8+/t24-,25-,30-,31-,34+,35-,36-,37+,38+,39-,40-,41-,42?,43-,44-,45-/m1/s1. The number of benzene rings is 2. The molecule has 8 rings (SSSR count). The van der Waals surface area contributed by atoms with Gasteiger partial charge >= 0.3 is 11.3 Å². The molecular weight excluding hydrogens is 860 g/mol. The van der Waals surface area contributed by atoms with Crippen LogP contribution in [0, 0.1) is 5.41 Å². The Morgan fingerprint density at radius 2 is 1.26 bits per heavy atom. The Kier molecular flexibility index (Phi) is 13.7. The molecule has 3 aliphatic heterocycles. The van der Waals surface area contributed by atoms with Gasteiger partial charge in [-0.15, -0.1) is 0 Å². The van der Waals surface area contributed by atoms with Crippen LogP contribution in [0.4, 0.5) is 0 Å². The lowest BCUT2D eigenvalue weighted by Crippen LogP contribution is -2.61. The maximum Gasteiger partial charge on any atom is 0.336 e. The Balaban J connectivity index is 1.13. The van der Waals surface area contributed by atoms with Gasteiger partial charge in [0.05, 0.1) is 19.8 Å². The second kappa shape index (κ2) is 18.9. The van der Waals surface area contributed by atoms with Gasteiger partial charge in [-0.25, -0.2) is 9.59 Å². The summed E-state index contributed by atoms with van der Waals surface area (Å²) in [7, 11) is 0. The lowest BCUT2D eigenvalue weighted by Gasteiger charge is -2.41. The van der Waals surface area contributed by atoms with Gasteiger partial charge < -0.3 is 88.3 Å². The summed E-state index contributed by atoms with van der Waals surface area (Å²) in [6.45, 7) is 2.40. The quantitative estimate of drug-likeness (QED) is 0.0655. The summed E-state index contributed by atoms with van der Waals surface area (Å²) in [6, 6.07) is 12.0. The largest absolute Gasteiger partial charge is 0.462 e. The summed E-state index contributed by atoms with van der Waals surface area (Å²) < 4.78 is 45.8. The van der Waals surface area contributed by atoms with E-state index in [1.54, 1.807) is 30.3 Å². The van der Waals surface area contributed by atoms with Gasteiger partial charge in [0.25, 0.3) is 0 Å². The second-order valence-corrected chi connectivity index (χ2v) is 17.2. The highest BCUT2D eigenvalue weighted by Crippen LogP contribution is 2.51. The maximum absolute atomic E-state index is 12.3. The van der Waals surface area contributed by atoms with Crippen molar-refractivity contribution < 1.29 is 88.3 Å². The van der Waals surface area contributed by atoms with Crippen LogP contribution in [0.5, 0.6) is 11.5 Å². The Morgan fingerprint density at radius 3 is 1.91 bits per heavy atom. The monoisotopic (exact) mass is 912 g/mol. The van der Waals surface area contributed by atoms with Gasteiger partial charge in [0, 0.05) is 52.1 Å². The normalized spacial score (nSPS) is 36.8. The third kappa shape index (κ3) is 9.51. The van der Waals surface area contributed by atoms with Crippen molar-refractivity contribution >= 4 is 28.0 Å². The summed E-state index contributed by atoms with van der Waals surface area (Å²) in [5.74, 6) is -0.366. The molecule has 1 aliphatic carbocycles. The van der Waals surface area contributed by atoms with Gasteiger partial charge in [0.15, 0.2) is 6.29 Å². The molecule has 3 saturated heterocycles. The minimum atomic E-state index is -1.82. The van der Waals surface area contributed by atoms with E-state index in [0.29, 0.717) is 34.7 Å². The molecule has 1 unspecified atom stereocenters. The predicted molar refractivity (Wildman–Crippen MR) is 223 cm³/mol. The Hall–Kier alpha value is -4.62. The van der Waals surface area contributed by atoms with Gasteiger partial charge in [-0.05, 0) is 49.4 Å². The van der Waals surface area contributed by atoms with E-state index in [9.17, 15) is 60.7 Å². The van der Waals surface area contributed by atoms with Crippen LogP contribution in [0.2, 0.25) is 0 Å². The molecule has 5 heterocycles. The molecule has 0 amide bonds. The first-order valence-electron chi connectivity index (χ1n) is 21.1. The van der Waals surface area contributed by atoms with Crippen LogP contribution in [0.1, 0.15) is 43.7 Å². The number of aliphatic hydroxyl groups excluding tert-OH is 10. The van der Waals surface area contributed by atoms with E-state index in [0.717, 1.165) is 5.57 Å². The molecule has 2 aromatic carbocycles. The van der Waals surface area contributed by atoms with Crippen LogP contribution in [0.3, 0.4) is 0 Å². The summed E-state index contributed by atoms with van der Waals surface area (Å²) in [4.78, 5) is 24.6. The molecule has 4 aromatic rings. The number of ether oxygens (including phenoxy) is 6. The SMILES string of the molecule is CC1=C[C@H](c2cc3ccc(=O)oc3cc2O[C@@H]2O[C@H](CO)[C@@H](O)[C@H](O)[C@H]2O)[C@@](C)(/C=C/c2cc3ccc(=O)oc3cc2O[C@@H]2O[C@H](COC3OC[C@@H](O)[C@H](O)[C@H]3O)[C@@H](O)[C@H](O)[C@H]2O)CC1. The number of hydrogen-bond acceptors (Lipinski definition) is 20. The molecule has 10 N–H and O–H groups in total. The molecule has 2 aromatic heterocycles. The molecule has 352 valence electrons. The molecule has 0 bridgehead atoms. The van der Waals surface area contributed by atoms with Gasteiger partial charge in [-0.2, -0.15) is 0 Å². The zero-order chi connectivity index (χ0) is 46.5. The van der Waals surface area contributed by atoms with Crippen molar-refractivity contribution in [2.45, 2.75) is 119 Å².